The van der Waals surface area contributed by atoms with Crippen molar-refractivity contribution in [3.8, 4) is 5.75 Å². The van der Waals surface area contributed by atoms with Crippen LogP contribution in [0.2, 0.25) is 0 Å². The van der Waals surface area contributed by atoms with Crippen LogP contribution < -0.4 is 10.1 Å². The first-order valence-electron chi connectivity index (χ1n) is 11.8. The summed E-state index contributed by atoms with van der Waals surface area (Å²) in [4.78, 5) is 29.0. The molecule has 3 atom stereocenters. The van der Waals surface area contributed by atoms with Crippen LogP contribution in [0.15, 0.2) is 24.3 Å². The molecule has 1 aromatic carbocycles. The van der Waals surface area contributed by atoms with Gasteiger partial charge in [0.2, 0.25) is 17.3 Å². The van der Waals surface area contributed by atoms with E-state index >= 15 is 0 Å². The van der Waals surface area contributed by atoms with Crippen molar-refractivity contribution < 1.29 is 19.1 Å². The minimum atomic E-state index is -1.11. The maximum atomic E-state index is 13.9. The summed E-state index contributed by atoms with van der Waals surface area (Å²) in [6.45, 7) is 8.69. The molecular formula is C26H27N3O4. The molecule has 2 unspecified atom stereocenters. The molecule has 1 aliphatic carbocycles. The summed E-state index contributed by atoms with van der Waals surface area (Å²) in [5.74, 6) is 0.424. The lowest BCUT2D eigenvalue weighted by molar-refractivity contribution is -0.362. The second-order valence-corrected chi connectivity index (χ2v) is 11.5. The summed E-state index contributed by atoms with van der Waals surface area (Å²) in [7, 11) is 0. The first-order valence-corrected chi connectivity index (χ1v) is 11.8. The van der Waals surface area contributed by atoms with Gasteiger partial charge in [-0.15, -0.1) is 0 Å². The van der Waals surface area contributed by atoms with E-state index in [0.717, 1.165) is 27.9 Å². The molecule has 7 heteroatoms. The third-order valence-corrected chi connectivity index (χ3v) is 8.93. The number of hydrogen-bond donors (Lipinski definition) is 1. The standard InChI is InChI=1S/C26H27N3O4/c1-23(2)10-8-15-17(33-23)7-6-14-16-12-26-18(24(3,4)20(16)29(32)19(14)15)13-25(21(30)27-26)9-5-11-28(25)22(26)31/h6-8,10,12,18H,5,9,11,13H2,1-4H3,(H,27,30)/t18-,25?,26?/m0/s1. The molecular weight excluding hydrogens is 418 g/mol. The first kappa shape index (κ1) is 19.4. The monoisotopic (exact) mass is 445 g/mol. The number of ether oxygens (including phenoxy) is 1. The van der Waals surface area contributed by atoms with Crippen molar-refractivity contribution >= 4 is 34.9 Å². The van der Waals surface area contributed by atoms with E-state index in [1.807, 2.05) is 49.1 Å². The van der Waals surface area contributed by atoms with E-state index in [0.29, 0.717) is 36.5 Å². The summed E-state index contributed by atoms with van der Waals surface area (Å²) in [6.07, 6.45) is 7.93. The van der Waals surface area contributed by atoms with Crippen LogP contribution in [-0.2, 0) is 9.59 Å². The molecule has 2 spiro atoms. The third-order valence-electron chi connectivity index (χ3n) is 8.93. The molecule has 170 valence electrons. The minimum absolute atomic E-state index is 0.0238. The van der Waals surface area contributed by atoms with E-state index in [1.165, 1.54) is 0 Å². The van der Waals surface area contributed by atoms with Crippen molar-refractivity contribution in [2.75, 3.05) is 6.54 Å². The quantitative estimate of drug-likeness (QED) is 0.491. The number of allylic oxidation sites excluding steroid dienone is 1. The normalized spacial score (nSPS) is 35.8. The predicted molar refractivity (Wildman–Crippen MR) is 123 cm³/mol. The molecule has 4 fully saturated rings. The Kier molecular flexibility index (Phi) is 3.14. The SMILES string of the molecule is CC1(C)C=Cc2c(ccc3c2[N+]([O-])=C2C3=CC34NC(=O)C5(CCCN5C3=O)C[C@H]4C2(C)C)O1. The molecule has 1 N–H and O–H groups in total. The number of fused-ring (bicyclic) bond motifs is 6. The van der Waals surface area contributed by atoms with Crippen LogP contribution in [0.3, 0.4) is 0 Å². The Labute approximate surface area is 192 Å². The van der Waals surface area contributed by atoms with Crippen LogP contribution in [0, 0.1) is 16.5 Å². The molecule has 7 aliphatic rings. The second-order valence-electron chi connectivity index (χ2n) is 11.5. The van der Waals surface area contributed by atoms with Crippen LogP contribution in [-0.4, -0.2) is 50.4 Å². The van der Waals surface area contributed by atoms with E-state index in [9.17, 15) is 14.8 Å². The molecule has 4 saturated heterocycles. The van der Waals surface area contributed by atoms with Crippen molar-refractivity contribution in [1.29, 1.82) is 0 Å². The molecule has 2 amide bonds. The lowest BCUT2D eigenvalue weighted by Crippen LogP contribution is -2.83. The summed E-state index contributed by atoms with van der Waals surface area (Å²) in [5.41, 5.74) is 0.613. The van der Waals surface area contributed by atoms with E-state index in [4.69, 9.17) is 4.74 Å². The molecule has 6 heterocycles. The van der Waals surface area contributed by atoms with Gasteiger partial charge in [-0.25, -0.2) is 0 Å². The highest BCUT2D eigenvalue weighted by molar-refractivity contribution is 6.30. The van der Waals surface area contributed by atoms with Crippen LogP contribution in [0.4, 0.5) is 5.69 Å². The molecule has 0 aromatic heterocycles. The number of benzene rings is 1. The zero-order valence-corrected chi connectivity index (χ0v) is 19.3. The number of piperidine rings is 2. The zero-order chi connectivity index (χ0) is 23.1. The maximum Gasteiger partial charge on any atom is 0.253 e. The second kappa shape index (κ2) is 5.34. The highest BCUT2D eigenvalue weighted by atomic mass is 16.5. The van der Waals surface area contributed by atoms with Gasteiger partial charge in [0, 0.05) is 12.5 Å². The average molecular weight is 446 g/mol. The molecule has 2 bridgehead atoms. The summed E-state index contributed by atoms with van der Waals surface area (Å²) >= 11 is 0. The van der Waals surface area contributed by atoms with Gasteiger partial charge in [0.05, 0.1) is 22.1 Å². The zero-order valence-electron chi connectivity index (χ0n) is 19.3. The van der Waals surface area contributed by atoms with Gasteiger partial charge in [0.1, 0.15) is 22.4 Å². The first-order chi connectivity index (χ1) is 15.5. The van der Waals surface area contributed by atoms with Crippen LogP contribution in [0.5, 0.6) is 5.75 Å². The largest absolute Gasteiger partial charge is 0.618 e. The number of amides is 2. The summed E-state index contributed by atoms with van der Waals surface area (Å²) in [5, 5.41) is 17.0. The lowest BCUT2D eigenvalue weighted by Gasteiger charge is -2.62. The highest BCUT2D eigenvalue weighted by Gasteiger charge is 2.74. The predicted octanol–water partition coefficient (Wildman–Crippen LogP) is 3.14. The number of carbonyl (C=O) groups is 2. The van der Waals surface area contributed by atoms with Gasteiger partial charge in [0.25, 0.3) is 5.91 Å². The Morgan fingerprint density at radius 2 is 2.00 bits per heavy atom. The van der Waals surface area contributed by atoms with Gasteiger partial charge in [0.15, 0.2) is 0 Å². The van der Waals surface area contributed by atoms with E-state index in [1.54, 1.807) is 0 Å². The van der Waals surface area contributed by atoms with Crippen LogP contribution in [0.1, 0.15) is 58.1 Å². The molecule has 0 saturated carbocycles. The Hall–Kier alpha value is -3.09. The lowest BCUT2D eigenvalue weighted by atomic mass is 9.51. The average Bonchev–Trinajstić information content (AvgIpc) is 3.29. The molecule has 33 heavy (non-hydrogen) atoms. The molecule has 6 aliphatic heterocycles. The van der Waals surface area contributed by atoms with Gasteiger partial charge < -0.3 is 20.2 Å². The van der Waals surface area contributed by atoms with Crippen LogP contribution >= 0.6 is 0 Å². The number of carbonyl (C=O) groups excluding carboxylic acids is 2. The number of hydrogen-bond acceptors (Lipinski definition) is 4. The summed E-state index contributed by atoms with van der Waals surface area (Å²) in [6, 6.07) is 3.82. The fourth-order valence-corrected chi connectivity index (χ4v) is 7.43. The molecule has 0 radical (unpaired) electrons. The Bertz CT molecular complexity index is 1300. The van der Waals surface area contributed by atoms with Gasteiger partial charge in [-0.1, -0.05) is 0 Å². The van der Waals surface area contributed by atoms with Crippen molar-refractivity contribution in [3.63, 3.8) is 0 Å². The van der Waals surface area contributed by atoms with Crippen molar-refractivity contribution in [2.24, 2.45) is 11.3 Å². The Balaban J connectivity index is 1.49. The highest BCUT2D eigenvalue weighted by Crippen LogP contribution is 2.61. The van der Waals surface area contributed by atoms with Gasteiger partial charge in [-0.3, -0.25) is 9.59 Å². The fourth-order valence-electron chi connectivity index (χ4n) is 7.43. The number of piperazine rings is 1. The Morgan fingerprint density at radius 1 is 1.21 bits per heavy atom. The van der Waals surface area contributed by atoms with E-state index in [-0.39, 0.29) is 17.7 Å². The van der Waals surface area contributed by atoms with Crippen molar-refractivity contribution in [2.45, 2.75) is 63.6 Å². The molecule has 8 rings (SSSR count). The van der Waals surface area contributed by atoms with Crippen LogP contribution in [0.25, 0.3) is 11.6 Å². The van der Waals surface area contributed by atoms with Gasteiger partial charge in [-0.05, 0) is 77.3 Å². The molecule has 1 aromatic rings. The number of nitrogens with one attached hydrogen (secondary N) is 1. The molecule has 7 nitrogen and oxygen atoms in total. The van der Waals surface area contributed by atoms with Gasteiger partial charge in [-0.2, -0.15) is 4.74 Å². The number of nitrogens with zero attached hydrogens (tertiary/aromatic N) is 2. The summed E-state index contributed by atoms with van der Waals surface area (Å²) < 4.78 is 7.18. The fraction of sp³-hybridized carbons (Fsp3) is 0.500. The Morgan fingerprint density at radius 3 is 2.79 bits per heavy atom. The van der Waals surface area contributed by atoms with E-state index < -0.39 is 22.1 Å². The smallest absolute Gasteiger partial charge is 0.253 e. The van der Waals surface area contributed by atoms with Crippen molar-refractivity contribution in [3.05, 3.63) is 40.6 Å². The number of rotatable bonds is 0. The van der Waals surface area contributed by atoms with E-state index in [2.05, 4.69) is 19.2 Å². The minimum Gasteiger partial charge on any atom is -0.618 e. The van der Waals surface area contributed by atoms with Gasteiger partial charge >= 0.3 is 0 Å². The maximum absolute atomic E-state index is 13.9. The van der Waals surface area contributed by atoms with Crippen molar-refractivity contribution in [1.82, 2.24) is 10.2 Å². The topological polar surface area (TPSA) is 84.7 Å². The third kappa shape index (κ3) is 1.98.